The van der Waals surface area contributed by atoms with Crippen LogP contribution in [0.2, 0.25) is 0 Å². The molecule has 0 aromatic rings. The molecule has 3 N–H and O–H groups in total. The first kappa shape index (κ1) is 12.9. The van der Waals surface area contributed by atoms with Crippen molar-refractivity contribution in [3.05, 3.63) is 0 Å². The summed E-state index contributed by atoms with van der Waals surface area (Å²) in [5, 5.41) is 28.3. The predicted octanol–water partition coefficient (Wildman–Crippen LogP) is 1.31. The van der Waals surface area contributed by atoms with Gasteiger partial charge in [0.05, 0.1) is 13.2 Å². The van der Waals surface area contributed by atoms with Gasteiger partial charge in [0.15, 0.2) is 0 Å². The quantitative estimate of drug-likeness (QED) is 0.666. The Labute approximate surface area is 92.1 Å². The van der Waals surface area contributed by atoms with E-state index < -0.39 is 5.41 Å². The lowest BCUT2D eigenvalue weighted by Crippen LogP contribution is -2.40. The van der Waals surface area contributed by atoms with E-state index in [-0.39, 0.29) is 25.7 Å². The zero-order valence-corrected chi connectivity index (χ0v) is 9.49. The smallest absolute Gasteiger partial charge is 0.0512 e. The van der Waals surface area contributed by atoms with E-state index in [2.05, 4.69) is 0 Å². The van der Waals surface area contributed by atoms with Crippen molar-refractivity contribution in [2.45, 2.75) is 44.9 Å². The topological polar surface area (TPSA) is 60.7 Å². The largest absolute Gasteiger partial charge is 0.396 e. The van der Waals surface area contributed by atoms with Gasteiger partial charge in [-0.25, -0.2) is 0 Å². The normalized spacial score (nSPS) is 27.8. The summed E-state index contributed by atoms with van der Waals surface area (Å²) in [6.07, 6.45) is 7.56. The van der Waals surface area contributed by atoms with E-state index in [1.54, 1.807) is 0 Å². The molecule has 1 saturated carbocycles. The predicted molar refractivity (Wildman–Crippen MR) is 59.5 cm³/mol. The molecule has 1 atom stereocenters. The van der Waals surface area contributed by atoms with Crippen LogP contribution in [0.25, 0.3) is 0 Å². The van der Waals surface area contributed by atoms with Crippen molar-refractivity contribution in [2.75, 3.05) is 19.8 Å². The Kier molecular flexibility index (Phi) is 5.58. The SMILES string of the molecule is OCC1CCCCCCCC1(CO)CO. The zero-order chi connectivity index (χ0) is 11.1. The maximum atomic E-state index is 9.48. The van der Waals surface area contributed by atoms with Crippen molar-refractivity contribution >= 4 is 0 Å². The molecule has 0 aliphatic heterocycles. The highest BCUT2D eigenvalue weighted by Gasteiger charge is 2.36. The Morgan fingerprint density at radius 3 is 2.07 bits per heavy atom. The van der Waals surface area contributed by atoms with E-state index in [1.807, 2.05) is 0 Å². The average Bonchev–Trinajstić information content (AvgIpc) is 2.38. The molecule has 0 spiro atoms. The minimum absolute atomic E-state index is 0.00523. The van der Waals surface area contributed by atoms with Gasteiger partial charge in [-0.05, 0) is 18.8 Å². The number of hydrogen-bond acceptors (Lipinski definition) is 3. The molecular weight excluding hydrogens is 192 g/mol. The maximum Gasteiger partial charge on any atom is 0.0512 e. The van der Waals surface area contributed by atoms with E-state index in [0.717, 1.165) is 25.7 Å². The van der Waals surface area contributed by atoms with Crippen molar-refractivity contribution in [1.82, 2.24) is 0 Å². The van der Waals surface area contributed by atoms with Crippen LogP contribution in [0.5, 0.6) is 0 Å². The molecular formula is C12H24O3. The Hall–Kier alpha value is -0.120. The van der Waals surface area contributed by atoms with Crippen LogP contribution in [0, 0.1) is 11.3 Å². The first-order valence-electron chi connectivity index (χ1n) is 6.11. The van der Waals surface area contributed by atoms with Gasteiger partial charge in [0, 0.05) is 12.0 Å². The molecule has 90 valence electrons. The molecule has 1 fully saturated rings. The second kappa shape index (κ2) is 6.46. The lowest BCUT2D eigenvalue weighted by Gasteiger charge is -2.37. The molecule has 15 heavy (non-hydrogen) atoms. The van der Waals surface area contributed by atoms with Gasteiger partial charge < -0.3 is 15.3 Å². The molecule has 1 rings (SSSR count). The average molecular weight is 216 g/mol. The van der Waals surface area contributed by atoms with Crippen LogP contribution in [-0.2, 0) is 0 Å². The molecule has 1 aliphatic rings. The van der Waals surface area contributed by atoms with Gasteiger partial charge in [-0.1, -0.05) is 32.1 Å². The third-order valence-corrected chi connectivity index (χ3v) is 3.94. The Morgan fingerprint density at radius 1 is 0.867 bits per heavy atom. The van der Waals surface area contributed by atoms with Gasteiger partial charge in [0.25, 0.3) is 0 Å². The molecule has 0 amide bonds. The van der Waals surface area contributed by atoms with Crippen LogP contribution in [-0.4, -0.2) is 35.1 Å². The lowest BCUT2D eigenvalue weighted by atomic mass is 9.72. The molecule has 1 unspecified atom stereocenters. The van der Waals surface area contributed by atoms with Crippen LogP contribution in [0.4, 0.5) is 0 Å². The standard InChI is InChI=1S/C12H24O3/c13-8-11-6-4-2-1-3-5-7-12(11,9-14)10-15/h11,13-15H,1-10H2. The third-order valence-electron chi connectivity index (χ3n) is 3.94. The second-order valence-corrected chi connectivity index (χ2v) is 4.86. The number of aliphatic hydroxyl groups is 3. The Balaban J connectivity index is 2.72. The van der Waals surface area contributed by atoms with Crippen LogP contribution in [0.3, 0.4) is 0 Å². The van der Waals surface area contributed by atoms with Gasteiger partial charge in [0.2, 0.25) is 0 Å². The van der Waals surface area contributed by atoms with Gasteiger partial charge in [-0.15, -0.1) is 0 Å². The van der Waals surface area contributed by atoms with E-state index in [1.165, 1.54) is 19.3 Å². The summed E-state index contributed by atoms with van der Waals surface area (Å²) in [7, 11) is 0. The maximum absolute atomic E-state index is 9.48. The van der Waals surface area contributed by atoms with Gasteiger partial charge in [-0.3, -0.25) is 0 Å². The van der Waals surface area contributed by atoms with Crippen molar-refractivity contribution < 1.29 is 15.3 Å². The van der Waals surface area contributed by atoms with Crippen LogP contribution >= 0.6 is 0 Å². The first-order chi connectivity index (χ1) is 7.29. The molecule has 1 aliphatic carbocycles. The molecule has 3 nitrogen and oxygen atoms in total. The summed E-state index contributed by atoms with van der Waals surface area (Å²) in [5.74, 6) is 0.0607. The molecule has 0 bridgehead atoms. The van der Waals surface area contributed by atoms with Crippen molar-refractivity contribution in [2.24, 2.45) is 11.3 Å². The summed E-state index contributed by atoms with van der Waals surface area (Å²) in [6, 6.07) is 0. The highest BCUT2D eigenvalue weighted by molar-refractivity contribution is 4.86. The van der Waals surface area contributed by atoms with Crippen molar-refractivity contribution in [3.8, 4) is 0 Å². The van der Waals surface area contributed by atoms with Crippen LogP contribution in [0.15, 0.2) is 0 Å². The van der Waals surface area contributed by atoms with Gasteiger partial charge in [-0.2, -0.15) is 0 Å². The highest BCUT2D eigenvalue weighted by atomic mass is 16.3. The molecule has 0 radical (unpaired) electrons. The fourth-order valence-corrected chi connectivity index (χ4v) is 2.66. The van der Waals surface area contributed by atoms with Gasteiger partial charge in [0.1, 0.15) is 0 Å². The fourth-order valence-electron chi connectivity index (χ4n) is 2.66. The molecule has 3 heteroatoms. The van der Waals surface area contributed by atoms with Crippen molar-refractivity contribution in [1.29, 1.82) is 0 Å². The first-order valence-corrected chi connectivity index (χ1v) is 6.11. The minimum atomic E-state index is -0.445. The molecule has 0 aromatic heterocycles. The third kappa shape index (κ3) is 3.16. The van der Waals surface area contributed by atoms with Gasteiger partial charge >= 0.3 is 0 Å². The summed E-state index contributed by atoms with van der Waals surface area (Å²) in [6.45, 7) is 0.0740. The number of rotatable bonds is 3. The molecule has 0 saturated heterocycles. The van der Waals surface area contributed by atoms with Crippen LogP contribution in [0.1, 0.15) is 44.9 Å². The Bertz CT molecular complexity index is 166. The van der Waals surface area contributed by atoms with E-state index in [4.69, 9.17) is 0 Å². The van der Waals surface area contributed by atoms with E-state index >= 15 is 0 Å². The van der Waals surface area contributed by atoms with Crippen molar-refractivity contribution in [3.63, 3.8) is 0 Å². The fraction of sp³-hybridized carbons (Fsp3) is 1.00. The summed E-state index contributed by atoms with van der Waals surface area (Å²) < 4.78 is 0. The molecule has 0 heterocycles. The lowest BCUT2D eigenvalue weighted by molar-refractivity contribution is -0.0286. The molecule has 0 aromatic carbocycles. The monoisotopic (exact) mass is 216 g/mol. The number of hydrogen-bond donors (Lipinski definition) is 3. The highest BCUT2D eigenvalue weighted by Crippen LogP contribution is 2.37. The summed E-state index contributed by atoms with van der Waals surface area (Å²) in [5.41, 5.74) is -0.445. The summed E-state index contributed by atoms with van der Waals surface area (Å²) in [4.78, 5) is 0. The number of aliphatic hydroxyl groups excluding tert-OH is 3. The second-order valence-electron chi connectivity index (χ2n) is 4.86. The Morgan fingerprint density at radius 2 is 1.47 bits per heavy atom. The summed E-state index contributed by atoms with van der Waals surface area (Å²) >= 11 is 0. The van der Waals surface area contributed by atoms with Crippen LogP contribution < -0.4 is 0 Å². The van der Waals surface area contributed by atoms with E-state index in [9.17, 15) is 15.3 Å². The van der Waals surface area contributed by atoms with E-state index in [0.29, 0.717) is 0 Å². The minimum Gasteiger partial charge on any atom is -0.396 e. The zero-order valence-electron chi connectivity index (χ0n) is 9.49.